The highest BCUT2D eigenvalue weighted by Gasteiger charge is 2.46. The van der Waals surface area contributed by atoms with Gasteiger partial charge < -0.3 is 5.32 Å². The second kappa shape index (κ2) is 2.63. The summed E-state index contributed by atoms with van der Waals surface area (Å²) in [6.45, 7) is 2.52. The van der Waals surface area contributed by atoms with E-state index in [2.05, 4.69) is 27.9 Å². The van der Waals surface area contributed by atoms with Crippen LogP contribution in [-0.2, 0) is 0 Å². The fourth-order valence-electron chi connectivity index (χ4n) is 1.87. The van der Waals surface area contributed by atoms with Gasteiger partial charge in [-0.25, -0.2) is 0 Å². The molecule has 2 rings (SSSR count). The molecule has 0 unspecified atom stereocenters. The molecule has 1 N–H and O–H groups in total. The fraction of sp³-hybridized carbons (Fsp3) is 1.00. The van der Waals surface area contributed by atoms with E-state index >= 15 is 0 Å². The summed E-state index contributed by atoms with van der Waals surface area (Å²) in [4.78, 5) is 0. The van der Waals surface area contributed by atoms with E-state index in [-0.39, 0.29) is 0 Å². The predicted octanol–water partition coefficient (Wildman–Crippen LogP) is 1.95. The first-order chi connectivity index (χ1) is 4.81. The van der Waals surface area contributed by atoms with Crippen LogP contribution in [0.1, 0.15) is 25.7 Å². The van der Waals surface area contributed by atoms with Crippen molar-refractivity contribution in [3.63, 3.8) is 0 Å². The first-order valence-electron chi connectivity index (χ1n) is 4.21. The van der Waals surface area contributed by atoms with Gasteiger partial charge >= 0.3 is 0 Å². The third kappa shape index (κ3) is 1.33. The zero-order valence-corrected chi connectivity index (χ0v) is 8.36. The third-order valence-electron chi connectivity index (χ3n) is 2.80. The first-order valence-corrected chi connectivity index (χ1v) is 5.29. The molecule has 0 aromatic heterocycles. The van der Waals surface area contributed by atoms with E-state index in [1.165, 1.54) is 38.8 Å². The van der Waals surface area contributed by atoms with Gasteiger partial charge in [-0.3, -0.25) is 0 Å². The molecule has 2 aliphatic rings. The third-order valence-corrected chi connectivity index (χ3v) is 4.76. The van der Waals surface area contributed by atoms with Crippen molar-refractivity contribution in [1.82, 2.24) is 5.32 Å². The minimum atomic E-state index is 0.750. The van der Waals surface area contributed by atoms with Gasteiger partial charge in [-0.15, -0.1) is 0 Å². The van der Waals surface area contributed by atoms with Gasteiger partial charge in [0.2, 0.25) is 0 Å². The highest BCUT2D eigenvalue weighted by molar-refractivity contribution is 14.1. The number of hydrogen-bond donors (Lipinski definition) is 1. The molecule has 1 nitrogen and oxygen atoms in total. The summed E-state index contributed by atoms with van der Waals surface area (Å²) in [6, 6.07) is 0. The zero-order chi connectivity index (χ0) is 7.03. The number of halogens is 1. The summed E-state index contributed by atoms with van der Waals surface area (Å²) in [7, 11) is 0. The monoisotopic (exact) mass is 251 g/mol. The van der Waals surface area contributed by atoms with Crippen molar-refractivity contribution < 1.29 is 0 Å². The van der Waals surface area contributed by atoms with Gasteiger partial charge in [0.25, 0.3) is 0 Å². The predicted molar refractivity (Wildman–Crippen MR) is 51.6 cm³/mol. The smallest absolute Gasteiger partial charge is 0.0252 e. The highest BCUT2D eigenvalue weighted by Crippen LogP contribution is 2.53. The number of alkyl halides is 1. The van der Waals surface area contributed by atoms with Gasteiger partial charge in [-0.2, -0.15) is 0 Å². The molecule has 0 spiro atoms. The van der Waals surface area contributed by atoms with E-state index in [0.717, 1.165) is 9.34 Å². The quantitative estimate of drug-likeness (QED) is 0.555. The highest BCUT2D eigenvalue weighted by atomic mass is 127. The second-order valence-electron chi connectivity index (χ2n) is 3.56. The van der Waals surface area contributed by atoms with Crippen LogP contribution in [-0.4, -0.2) is 16.5 Å². The first kappa shape index (κ1) is 7.35. The van der Waals surface area contributed by atoms with Crippen molar-refractivity contribution >= 4 is 22.6 Å². The lowest BCUT2D eigenvalue weighted by molar-refractivity contribution is 0.364. The summed E-state index contributed by atoms with van der Waals surface area (Å²) in [5.74, 6) is 1.04. The molecule has 0 radical (unpaired) electrons. The van der Waals surface area contributed by atoms with Crippen LogP contribution in [0.5, 0.6) is 0 Å². The molecule has 1 heterocycles. The van der Waals surface area contributed by atoms with Crippen LogP contribution in [0.2, 0.25) is 0 Å². The lowest BCUT2D eigenvalue weighted by Crippen LogP contribution is -2.32. The van der Waals surface area contributed by atoms with Gasteiger partial charge in [0.15, 0.2) is 0 Å². The van der Waals surface area contributed by atoms with Gasteiger partial charge in [0, 0.05) is 3.42 Å². The summed E-state index contributed by atoms with van der Waals surface area (Å²) in [5.41, 5.74) is 0. The summed E-state index contributed by atoms with van der Waals surface area (Å²) >= 11 is 2.68. The van der Waals surface area contributed by atoms with Crippen LogP contribution >= 0.6 is 22.6 Å². The maximum Gasteiger partial charge on any atom is 0.0252 e. The molecule has 1 aliphatic heterocycles. The van der Waals surface area contributed by atoms with Crippen molar-refractivity contribution in [1.29, 1.82) is 0 Å². The Bertz CT molecular complexity index is 125. The summed E-state index contributed by atoms with van der Waals surface area (Å²) in [5, 5.41) is 3.41. The van der Waals surface area contributed by atoms with Gasteiger partial charge in [0.05, 0.1) is 0 Å². The number of rotatable bonds is 1. The molecule has 1 saturated carbocycles. The molecule has 10 heavy (non-hydrogen) atoms. The zero-order valence-electron chi connectivity index (χ0n) is 6.20. The van der Waals surface area contributed by atoms with E-state index in [4.69, 9.17) is 0 Å². The molecule has 0 aromatic carbocycles. The molecule has 0 amide bonds. The Morgan fingerprint density at radius 2 is 1.80 bits per heavy atom. The molecular weight excluding hydrogens is 237 g/mol. The topological polar surface area (TPSA) is 12.0 Å². The summed E-state index contributed by atoms with van der Waals surface area (Å²) < 4.78 is 0.750. The van der Waals surface area contributed by atoms with Crippen LogP contribution in [0.4, 0.5) is 0 Å². The lowest BCUT2D eigenvalue weighted by atomic mass is 9.93. The Labute approximate surface area is 76.1 Å². The van der Waals surface area contributed by atoms with Gasteiger partial charge in [-0.05, 0) is 44.7 Å². The molecule has 0 aromatic rings. The molecular formula is C8H14IN. The number of piperidine rings is 1. The van der Waals surface area contributed by atoms with Gasteiger partial charge in [-0.1, -0.05) is 22.6 Å². The fourth-order valence-corrected chi connectivity index (χ4v) is 2.76. The average Bonchev–Trinajstić information content (AvgIpc) is 2.72. The van der Waals surface area contributed by atoms with Crippen LogP contribution in [0.3, 0.4) is 0 Å². The molecule has 1 aliphatic carbocycles. The van der Waals surface area contributed by atoms with Crippen molar-refractivity contribution in [2.75, 3.05) is 13.1 Å². The van der Waals surface area contributed by atoms with Crippen molar-refractivity contribution in [3.8, 4) is 0 Å². The maximum absolute atomic E-state index is 3.41. The molecule has 0 bridgehead atoms. The minimum Gasteiger partial charge on any atom is -0.317 e. The summed E-state index contributed by atoms with van der Waals surface area (Å²) in [6.07, 6.45) is 5.81. The van der Waals surface area contributed by atoms with E-state index in [9.17, 15) is 0 Å². The average molecular weight is 251 g/mol. The Kier molecular flexibility index (Phi) is 1.93. The van der Waals surface area contributed by atoms with E-state index in [1.54, 1.807) is 0 Å². The Morgan fingerprint density at radius 1 is 1.20 bits per heavy atom. The van der Waals surface area contributed by atoms with Crippen LogP contribution in [0.15, 0.2) is 0 Å². The van der Waals surface area contributed by atoms with E-state index in [0.29, 0.717) is 0 Å². The van der Waals surface area contributed by atoms with Crippen LogP contribution in [0.25, 0.3) is 0 Å². The van der Waals surface area contributed by atoms with Crippen molar-refractivity contribution in [2.45, 2.75) is 29.1 Å². The second-order valence-corrected chi connectivity index (χ2v) is 5.71. The van der Waals surface area contributed by atoms with Crippen molar-refractivity contribution in [3.05, 3.63) is 0 Å². The molecule has 2 heteroatoms. The van der Waals surface area contributed by atoms with E-state index in [1.807, 2.05) is 0 Å². The van der Waals surface area contributed by atoms with Crippen molar-refractivity contribution in [2.24, 2.45) is 5.92 Å². The van der Waals surface area contributed by atoms with Crippen LogP contribution < -0.4 is 5.32 Å². The Balaban J connectivity index is 1.91. The molecule has 0 atom stereocenters. The molecule has 58 valence electrons. The molecule has 1 saturated heterocycles. The normalized spacial score (nSPS) is 32.1. The molecule has 2 fully saturated rings. The Hall–Kier alpha value is 0.690. The Morgan fingerprint density at radius 3 is 2.30 bits per heavy atom. The maximum atomic E-state index is 3.41. The number of hydrogen-bond acceptors (Lipinski definition) is 1. The van der Waals surface area contributed by atoms with Crippen LogP contribution in [0, 0.1) is 5.92 Å². The van der Waals surface area contributed by atoms with E-state index < -0.39 is 0 Å². The minimum absolute atomic E-state index is 0.750. The number of nitrogens with one attached hydrogen (secondary N) is 1. The SMILES string of the molecule is IC1(C2CCNCC2)CC1. The largest absolute Gasteiger partial charge is 0.317 e. The lowest BCUT2D eigenvalue weighted by Gasteiger charge is -2.26. The standard InChI is InChI=1S/C8H14IN/c9-8(3-4-8)7-1-5-10-6-2-7/h7,10H,1-6H2. The van der Waals surface area contributed by atoms with Gasteiger partial charge in [0.1, 0.15) is 0 Å².